The SMILES string of the molecule is Cc1nc(-c2ccc(OC(C)C)cc2)nc(C)c1C(C)C. The van der Waals surface area contributed by atoms with Gasteiger partial charge in [0.05, 0.1) is 6.10 Å². The van der Waals surface area contributed by atoms with Crippen molar-refractivity contribution in [3.63, 3.8) is 0 Å². The molecule has 0 aliphatic rings. The molecule has 3 nitrogen and oxygen atoms in total. The molecule has 0 saturated heterocycles. The lowest BCUT2D eigenvalue weighted by Gasteiger charge is -2.14. The molecule has 1 aromatic carbocycles. The fourth-order valence-corrected chi connectivity index (χ4v) is 2.64. The number of aromatic nitrogens is 2. The van der Waals surface area contributed by atoms with Crippen LogP contribution in [0.1, 0.15) is 50.6 Å². The number of nitrogens with zero attached hydrogens (tertiary/aromatic N) is 2. The van der Waals surface area contributed by atoms with Gasteiger partial charge < -0.3 is 4.74 Å². The van der Waals surface area contributed by atoms with Crippen molar-refractivity contribution in [2.45, 2.75) is 53.6 Å². The molecular formula is C18H24N2O. The second kappa shape index (κ2) is 6.25. The molecular weight excluding hydrogens is 260 g/mol. The molecule has 0 radical (unpaired) electrons. The first-order chi connectivity index (χ1) is 9.88. The highest BCUT2D eigenvalue weighted by molar-refractivity contribution is 5.57. The monoisotopic (exact) mass is 284 g/mol. The van der Waals surface area contributed by atoms with E-state index in [4.69, 9.17) is 4.74 Å². The number of hydrogen-bond acceptors (Lipinski definition) is 3. The third kappa shape index (κ3) is 3.60. The number of hydrogen-bond donors (Lipinski definition) is 0. The van der Waals surface area contributed by atoms with Gasteiger partial charge in [-0.15, -0.1) is 0 Å². The zero-order chi connectivity index (χ0) is 15.6. The highest BCUT2D eigenvalue weighted by atomic mass is 16.5. The van der Waals surface area contributed by atoms with Crippen LogP contribution in [0.4, 0.5) is 0 Å². The lowest BCUT2D eigenvalue weighted by atomic mass is 10.00. The number of ether oxygens (including phenoxy) is 1. The second-order valence-corrected chi connectivity index (χ2v) is 5.98. The van der Waals surface area contributed by atoms with Crippen molar-refractivity contribution < 1.29 is 4.74 Å². The van der Waals surface area contributed by atoms with E-state index >= 15 is 0 Å². The standard InChI is InChI=1S/C18H24N2O/c1-11(2)17-13(5)19-18(20-14(17)6)15-7-9-16(10-8-15)21-12(3)4/h7-12H,1-6H3. The van der Waals surface area contributed by atoms with Gasteiger partial charge in [-0.2, -0.15) is 0 Å². The maximum atomic E-state index is 5.66. The van der Waals surface area contributed by atoms with Crippen LogP contribution in [0.15, 0.2) is 24.3 Å². The Kier molecular flexibility index (Phi) is 4.61. The second-order valence-electron chi connectivity index (χ2n) is 5.98. The topological polar surface area (TPSA) is 35.0 Å². The third-order valence-corrected chi connectivity index (χ3v) is 3.39. The van der Waals surface area contributed by atoms with Gasteiger partial charge in [-0.1, -0.05) is 13.8 Å². The Bertz CT molecular complexity index is 593. The molecule has 0 fully saturated rings. The van der Waals surface area contributed by atoms with Gasteiger partial charge in [0.1, 0.15) is 5.75 Å². The summed E-state index contributed by atoms with van der Waals surface area (Å²) in [4.78, 5) is 9.33. The maximum Gasteiger partial charge on any atom is 0.159 e. The average Bonchev–Trinajstić information content (AvgIpc) is 2.37. The molecule has 0 saturated carbocycles. The molecule has 0 atom stereocenters. The predicted octanol–water partition coefficient (Wildman–Crippen LogP) is 4.67. The van der Waals surface area contributed by atoms with Crippen LogP contribution in [0.2, 0.25) is 0 Å². The van der Waals surface area contributed by atoms with Crippen LogP contribution in [0.3, 0.4) is 0 Å². The van der Waals surface area contributed by atoms with Crippen molar-refractivity contribution in [2.75, 3.05) is 0 Å². The smallest absolute Gasteiger partial charge is 0.159 e. The van der Waals surface area contributed by atoms with Crippen molar-refractivity contribution in [1.82, 2.24) is 9.97 Å². The van der Waals surface area contributed by atoms with Crippen LogP contribution in [-0.4, -0.2) is 16.1 Å². The van der Waals surface area contributed by atoms with E-state index in [1.165, 1.54) is 5.56 Å². The largest absolute Gasteiger partial charge is 0.491 e. The molecule has 0 N–H and O–H groups in total. The van der Waals surface area contributed by atoms with E-state index in [-0.39, 0.29) is 6.10 Å². The summed E-state index contributed by atoms with van der Waals surface area (Å²) in [5.41, 5.74) is 4.40. The van der Waals surface area contributed by atoms with Crippen LogP contribution in [0.5, 0.6) is 5.75 Å². The van der Waals surface area contributed by atoms with Crippen molar-refractivity contribution in [2.24, 2.45) is 0 Å². The molecule has 2 aromatic rings. The fourth-order valence-electron chi connectivity index (χ4n) is 2.64. The van der Waals surface area contributed by atoms with Crippen LogP contribution < -0.4 is 4.74 Å². The summed E-state index contributed by atoms with van der Waals surface area (Å²) in [6, 6.07) is 7.97. The summed E-state index contributed by atoms with van der Waals surface area (Å²) in [5.74, 6) is 2.10. The van der Waals surface area contributed by atoms with Crippen molar-refractivity contribution in [3.8, 4) is 17.1 Å². The van der Waals surface area contributed by atoms with Gasteiger partial charge >= 0.3 is 0 Å². The van der Waals surface area contributed by atoms with Gasteiger partial charge in [-0.05, 0) is 63.4 Å². The minimum Gasteiger partial charge on any atom is -0.491 e. The van der Waals surface area contributed by atoms with Gasteiger partial charge in [-0.25, -0.2) is 9.97 Å². The van der Waals surface area contributed by atoms with Crippen LogP contribution in [0.25, 0.3) is 11.4 Å². The summed E-state index contributed by atoms with van der Waals surface area (Å²) < 4.78 is 5.66. The Morgan fingerprint density at radius 2 is 1.38 bits per heavy atom. The minimum atomic E-state index is 0.182. The van der Waals surface area contributed by atoms with E-state index in [1.807, 2.05) is 38.1 Å². The summed E-state index contributed by atoms with van der Waals surface area (Å²) in [6.45, 7) is 12.5. The lowest BCUT2D eigenvalue weighted by molar-refractivity contribution is 0.242. The average molecular weight is 284 g/mol. The van der Waals surface area contributed by atoms with Crippen LogP contribution in [-0.2, 0) is 0 Å². The molecule has 2 rings (SSSR count). The molecule has 1 aromatic heterocycles. The van der Waals surface area contributed by atoms with Crippen LogP contribution >= 0.6 is 0 Å². The molecule has 0 aliphatic heterocycles. The molecule has 0 spiro atoms. The molecule has 21 heavy (non-hydrogen) atoms. The Balaban J connectivity index is 2.34. The van der Waals surface area contributed by atoms with E-state index in [9.17, 15) is 0 Å². The molecule has 112 valence electrons. The van der Waals surface area contributed by atoms with E-state index in [2.05, 4.69) is 37.7 Å². The van der Waals surface area contributed by atoms with Gasteiger partial charge in [0.15, 0.2) is 5.82 Å². The van der Waals surface area contributed by atoms with Crippen molar-refractivity contribution in [1.29, 1.82) is 0 Å². The van der Waals surface area contributed by atoms with Gasteiger partial charge in [0, 0.05) is 17.0 Å². The highest BCUT2D eigenvalue weighted by Gasteiger charge is 2.12. The lowest BCUT2D eigenvalue weighted by Crippen LogP contribution is -2.06. The quantitative estimate of drug-likeness (QED) is 0.818. The molecule has 0 aliphatic carbocycles. The first-order valence-electron chi connectivity index (χ1n) is 7.50. The van der Waals surface area contributed by atoms with E-state index in [0.29, 0.717) is 5.92 Å². The normalized spacial score (nSPS) is 11.2. The van der Waals surface area contributed by atoms with E-state index in [0.717, 1.165) is 28.5 Å². The Morgan fingerprint density at radius 3 is 1.81 bits per heavy atom. The summed E-state index contributed by atoms with van der Waals surface area (Å²) >= 11 is 0. The molecule has 3 heteroatoms. The van der Waals surface area contributed by atoms with Gasteiger partial charge in [0.2, 0.25) is 0 Å². The van der Waals surface area contributed by atoms with Gasteiger partial charge in [-0.3, -0.25) is 0 Å². The minimum absolute atomic E-state index is 0.182. The van der Waals surface area contributed by atoms with E-state index in [1.54, 1.807) is 0 Å². The zero-order valence-electron chi connectivity index (χ0n) is 13.8. The summed E-state index contributed by atoms with van der Waals surface area (Å²) in [5, 5.41) is 0. The van der Waals surface area contributed by atoms with Crippen molar-refractivity contribution >= 4 is 0 Å². The fraction of sp³-hybridized carbons (Fsp3) is 0.444. The predicted molar refractivity (Wildman–Crippen MR) is 86.8 cm³/mol. The number of benzene rings is 1. The molecule has 1 heterocycles. The Hall–Kier alpha value is -1.90. The van der Waals surface area contributed by atoms with E-state index < -0.39 is 0 Å². The molecule has 0 unspecified atom stereocenters. The summed E-state index contributed by atoms with van der Waals surface area (Å²) in [7, 11) is 0. The van der Waals surface area contributed by atoms with Crippen LogP contribution in [0, 0.1) is 13.8 Å². The maximum absolute atomic E-state index is 5.66. The van der Waals surface area contributed by atoms with Crippen molar-refractivity contribution in [3.05, 3.63) is 41.2 Å². The summed E-state index contributed by atoms with van der Waals surface area (Å²) in [6.07, 6.45) is 0.182. The molecule has 0 bridgehead atoms. The number of aryl methyl sites for hydroxylation is 2. The third-order valence-electron chi connectivity index (χ3n) is 3.39. The highest BCUT2D eigenvalue weighted by Crippen LogP contribution is 2.25. The zero-order valence-corrected chi connectivity index (χ0v) is 13.8. The number of rotatable bonds is 4. The Labute approximate surface area is 127 Å². The molecule has 0 amide bonds. The first kappa shape index (κ1) is 15.5. The first-order valence-corrected chi connectivity index (χ1v) is 7.50. The Morgan fingerprint density at radius 1 is 0.857 bits per heavy atom. The van der Waals surface area contributed by atoms with Gasteiger partial charge in [0.25, 0.3) is 0 Å².